The third kappa shape index (κ3) is 7.15. The van der Waals surface area contributed by atoms with E-state index in [1.54, 1.807) is 7.05 Å². The van der Waals surface area contributed by atoms with Crippen LogP contribution in [0.4, 0.5) is 0 Å². The van der Waals surface area contributed by atoms with E-state index in [-0.39, 0.29) is 0 Å². The Hall–Kier alpha value is -2.05. The van der Waals surface area contributed by atoms with Crippen LogP contribution < -0.4 is 10.6 Å². The van der Waals surface area contributed by atoms with Crippen molar-refractivity contribution in [2.75, 3.05) is 40.0 Å². The van der Waals surface area contributed by atoms with Crippen molar-refractivity contribution in [3.05, 3.63) is 36.1 Å². The Kier molecular flexibility index (Phi) is 8.86. The van der Waals surface area contributed by atoms with Gasteiger partial charge in [0.1, 0.15) is 11.3 Å². The van der Waals surface area contributed by atoms with Crippen molar-refractivity contribution < 1.29 is 13.9 Å². The van der Waals surface area contributed by atoms with Crippen LogP contribution in [-0.2, 0) is 16.0 Å². The molecule has 6 heteroatoms. The lowest BCUT2D eigenvalue weighted by atomic mass is 10.2. The second-order valence-corrected chi connectivity index (χ2v) is 5.68. The lowest BCUT2D eigenvalue weighted by Gasteiger charge is -2.11. The first kappa shape index (κ1) is 19.3. The van der Waals surface area contributed by atoms with Gasteiger partial charge in [0.15, 0.2) is 5.96 Å². The Labute approximate surface area is 149 Å². The van der Waals surface area contributed by atoms with Crippen molar-refractivity contribution in [1.29, 1.82) is 0 Å². The van der Waals surface area contributed by atoms with Gasteiger partial charge in [0.25, 0.3) is 0 Å². The van der Waals surface area contributed by atoms with Crippen LogP contribution in [0.2, 0.25) is 0 Å². The van der Waals surface area contributed by atoms with Crippen LogP contribution in [-0.4, -0.2) is 46.0 Å². The smallest absolute Gasteiger partial charge is 0.191 e. The molecule has 2 N–H and O–H groups in total. The number of rotatable bonds is 11. The van der Waals surface area contributed by atoms with Gasteiger partial charge < -0.3 is 24.5 Å². The summed E-state index contributed by atoms with van der Waals surface area (Å²) in [5.74, 6) is 1.60. The first-order chi connectivity index (χ1) is 12.3. The molecule has 0 bridgehead atoms. The van der Waals surface area contributed by atoms with Crippen LogP contribution >= 0.6 is 0 Å². The second-order valence-electron chi connectivity index (χ2n) is 5.68. The molecule has 1 heterocycles. The lowest BCUT2D eigenvalue weighted by Crippen LogP contribution is -2.38. The molecule has 0 unspecified atom stereocenters. The molecule has 0 saturated heterocycles. The van der Waals surface area contributed by atoms with Gasteiger partial charge in [-0.2, -0.15) is 0 Å². The highest BCUT2D eigenvalue weighted by atomic mass is 16.5. The van der Waals surface area contributed by atoms with E-state index in [0.717, 1.165) is 42.1 Å². The highest BCUT2D eigenvalue weighted by molar-refractivity contribution is 5.80. The number of para-hydroxylation sites is 1. The molecular formula is C19H29N3O3. The molecule has 0 amide bonds. The van der Waals surface area contributed by atoms with E-state index >= 15 is 0 Å². The molecule has 0 saturated carbocycles. The van der Waals surface area contributed by atoms with Crippen LogP contribution in [0.5, 0.6) is 0 Å². The van der Waals surface area contributed by atoms with Crippen molar-refractivity contribution in [2.24, 2.45) is 4.99 Å². The second kappa shape index (κ2) is 11.5. The number of aliphatic imine (C=N–C) groups is 1. The maximum Gasteiger partial charge on any atom is 0.191 e. The number of furan rings is 1. The maximum atomic E-state index is 5.78. The summed E-state index contributed by atoms with van der Waals surface area (Å²) in [6, 6.07) is 10.0. The summed E-state index contributed by atoms with van der Waals surface area (Å²) < 4.78 is 16.7. The number of fused-ring (bicyclic) bond motifs is 1. The highest BCUT2D eigenvalue weighted by Crippen LogP contribution is 2.18. The number of nitrogens with one attached hydrogen (secondary N) is 2. The van der Waals surface area contributed by atoms with Crippen molar-refractivity contribution >= 4 is 16.9 Å². The SMILES string of the molecule is CCCCOCCOCCNC(=NC)NCc1cc2ccccc2o1. The van der Waals surface area contributed by atoms with Crippen LogP contribution in [0, 0.1) is 0 Å². The van der Waals surface area contributed by atoms with E-state index in [0.29, 0.717) is 32.9 Å². The summed E-state index contributed by atoms with van der Waals surface area (Å²) in [5, 5.41) is 7.56. The first-order valence-corrected chi connectivity index (χ1v) is 8.91. The molecule has 0 atom stereocenters. The molecule has 25 heavy (non-hydrogen) atoms. The summed E-state index contributed by atoms with van der Waals surface area (Å²) in [5.41, 5.74) is 0.900. The van der Waals surface area contributed by atoms with E-state index in [2.05, 4.69) is 22.5 Å². The maximum absolute atomic E-state index is 5.78. The molecule has 0 spiro atoms. The van der Waals surface area contributed by atoms with Gasteiger partial charge in [0.2, 0.25) is 0 Å². The molecule has 0 aliphatic carbocycles. The average Bonchev–Trinajstić information content (AvgIpc) is 3.05. The number of hydrogen-bond donors (Lipinski definition) is 2. The minimum atomic E-state index is 0.584. The van der Waals surface area contributed by atoms with Crippen LogP contribution in [0.15, 0.2) is 39.7 Å². The Bertz CT molecular complexity index is 607. The number of benzene rings is 1. The molecule has 2 rings (SSSR count). The summed E-state index contributed by atoms with van der Waals surface area (Å²) in [6.45, 7) is 6.13. The van der Waals surface area contributed by atoms with Crippen molar-refractivity contribution in [2.45, 2.75) is 26.3 Å². The number of guanidine groups is 1. The fraction of sp³-hybridized carbons (Fsp3) is 0.526. The molecule has 0 aliphatic rings. The third-order valence-corrected chi connectivity index (χ3v) is 3.68. The Balaban J connectivity index is 1.58. The summed E-state index contributed by atoms with van der Waals surface area (Å²) in [7, 11) is 1.75. The van der Waals surface area contributed by atoms with Crippen LogP contribution in [0.1, 0.15) is 25.5 Å². The molecule has 1 aromatic carbocycles. The summed E-state index contributed by atoms with van der Waals surface area (Å²) in [4.78, 5) is 4.20. The molecule has 0 fully saturated rings. The fourth-order valence-corrected chi connectivity index (χ4v) is 2.33. The topological polar surface area (TPSA) is 68.0 Å². The van der Waals surface area contributed by atoms with Gasteiger partial charge >= 0.3 is 0 Å². The van der Waals surface area contributed by atoms with Gasteiger partial charge in [0, 0.05) is 25.6 Å². The number of nitrogens with zero attached hydrogens (tertiary/aromatic N) is 1. The molecule has 2 aromatic rings. The lowest BCUT2D eigenvalue weighted by molar-refractivity contribution is 0.0487. The van der Waals surface area contributed by atoms with Crippen LogP contribution in [0.25, 0.3) is 11.0 Å². The Morgan fingerprint density at radius 2 is 1.88 bits per heavy atom. The zero-order valence-electron chi connectivity index (χ0n) is 15.2. The number of ether oxygens (including phenoxy) is 2. The van der Waals surface area contributed by atoms with Crippen molar-refractivity contribution in [3.8, 4) is 0 Å². The van der Waals surface area contributed by atoms with E-state index in [9.17, 15) is 0 Å². The average molecular weight is 347 g/mol. The van der Waals surface area contributed by atoms with Crippen LogP contribution in [0.3, 0.4) is 0 Å². The predicted molar refractivity (Wildman–Crippen MR) is 101 cm³/mol. The summed E-state index contributed by atoms with van der Waals surface area (Å²) >= 11 is 0. The van der Waals surface area contributed by atoms with E-state index in [4.69, 9.17) is 13.9 Å². The van der Waals surface area contributed by atoms with Gasteiger partial charge in [0.05, 0.1) is 26.4 Å². The van der Waals surface area contributed by atoms with Gasteiger partial charge in [-0.3, -0.25) is 4.99 Å². The monoisotopic (exact) mass is 347 g/mol. The fourth-order valence-electron chi connectivity index (χ4n) is 2.33. The molecule has 0 radical (unpaired) electrons. The van der Waals surface area contributed by atoms with Crippen molar-refractivity contribution in [3.63, 3.8) is 0 Å². The van der Waals surface area contributed by atoms with Gasteiger partial charge in [-0.25, -0.2) is 0 Å². The van der Waals surface area contributed by atoms with Gasteiger partial charge in [-0.1, -0.05) is 31.5 Å². The summed E-state index contributed by atoms with van der Waals surface area (Å²) in [6.07, 6.45) is 2.26. The van der Waals surface area contributed by atoms with E-state index in [1.807, 2.05) is 30.3 Å². The van der Waals surface area contributed by atoms with Gasteiger partial charge in [-0.15, -0.1) is 0 Å². The number of hydrogen-bond acceptors (Lipinski definition) is 4. The Morgan fingerprint density at radius 1 is 1.08 bits per heavy atom. The molecule has 6 nitrogen and oxygen atoms in total. The zero-order valence-corrected chi connectivity index (χ0v) is 15.2. The first-order valence-electron chi connectivity index (χ1n) is 8.91. The number of unbranched alkanes of at least 4 members (excludes halogenated alkanes) is 1. The molecule has 0 aliphatic heterocycles. The quantitative estimate of drug-likeness (QED) is 0.372. The van der Waals surface area contributed by atoms with Gasteiger partial charge in [-0.05, 0) is 18.6 Å². The highest BCUT2D eigenvalue weighted by Gasteiger charge is 2.04. The largest absolute Gasteiger partial charge is 0.459 e. The molecule has 1 aromatic heterocycles. The normalized spacial score (nSPS) is 11.8. The van der Waals surface area contributed by atoms with Crippen molar-refractivity contribution in [1.82, 2.24) is 10.6 Å². The van der Waals surface area contributed by atoms with E-state index < -0.39 is 0 Å². The zero-order chi connectivity index (χ0) is 17.7. The Morgan fingerprint density at radius 3 is 2.64 bits per heavy atom. The predicted octanol–water partition coefficient (Wildman–Crippen LogP) is 2.93. The molecule has 138 valence electrons. The third-order valence-electron chi connectivity index (χ3n) is 3.68. The minimum absolute atomic E-state index is 0.584. The minimum Gasteiger partial charge on any atom is -0.459 e. The molecular weight excluding hydrogens is 318 g/mol. The standard InChI is InChI=1S/C19H29N3O3/c1-3-4-10-23-12-13-24-11-9-21-19(20-2)22-15-17-14-16-7-5-6-8-18(16)25-17/h5-8,14H,3-4,9-13,15H2,1-2H3,(H2,20,21,22). The van der Waals surface area contributed by atoms with E-state index in [1.165, 1.54) is 0 Å².